The average molecular weight is 2420 g/mol. The maximum absolute atomic E-state index is 12.0. The van der Waals surface area contributed by atoms with Gasteiger partial charge in [-0.15, -0.1) is 104 Å². The number of amides is 2. The third-order valence-corrected chi connectivity index (χ3v) is 31.3. The number of carbonyl (C=O) groups excluding carboxylic acids is 4. The van der Waals surface area contributed by atoms with E-state index in [0.717, 1.165) is 153 Å². The molecule has 14 rings (SSSR count). The van der Waals surface area contributed by atoms with Crippen molar-refractivity contribution in [3.63, 3.8) is 0 Å². The first-order chi connectivity index (χ1) is 58.5. The van der Waals surface area contributed by atoms with Crippen molar-refractivity contribution in [3.8, 4) is 0 Å². The Morgan fingerprint density at radius 2 is 0.721 bits per heavy atom. The Morgan fingerprint density at radius 1 is 0.442 bits per heavy atom. The van der Waals surface area contributed by atoms with Crippen molar-refractivity contribution in [2.24, 2.45) is 4.30 Å². The smallest absolute Gasteiger partial charge is 0 e. The summed E-state index contributed by atoms with van der Waals surface area (Å²) < 4.78 is 71.4. The van der Waals surface area contributed by atoms with Crippen molar-refractivity contribution >= 4 is 259 Å². The summed E-state index contributed by atoms with van der Waals surface area (Å²) in [6.07, 6.45) is 4.83. The molecule has 7 aromatic rings. The average Bonchev–Trinajstić information content (AvgIpc) is 1.66. The van der Waals surface area contributed by atoms with Crippen LogP contribution in [0, 0.1) is 0 Å². The van der Waals surface area contributed by atoms with Crippen LogP contribution >= 0.6 is 227 Å². The summed E-state index contributed by atoms with van der Waals surface area (Å²) in [6.45, 7) is 31.9. The molecule has 0 saturated carbocycles. The minimum Gasteiger partial charge on any atom is 0 e. The molecule has 0 spiro atoms. The molecule has 24 nitrogen and oxygen atoms in total. The number of fused-ring (bicyclic) bond motifs is 7. The fraction of sp³-hybridized carbons (Fsp3) is 0.624. The molecule has 0 aliphatic carbocycles. The summed E-state index contributed by atoms with van der Waals surface area (Å²) in [6, 6.07) is 6.57. The van der Waals surface area contributed by atoms with E-state index in [1.54, 1.807) is 133 Å². The monoisotopic (exact) mass is 2420 g/mol. The van der Waals surface area contributed by atoms with E-state index in [1.807, 2.05) is 98.9 Å². The van der Waals surface area contributed by atoms with E-state index < -0.39 is 34.7 Å². The predicted octanol–water partition coefficient (Wildman–Crippen LogP) is 25.2. The van der Waals surface area contributed by atoms with Crippen LogP contribution in [0.2, 0.25) is 20.1 Å². The Labute approximate surface area is 878 Å². The van der Waals surface area contributed by atoms with Gasteiger partial charge in [-0.3, -0.25) is 0 Å². The Balaban J connectivity index is 0.000000734. The molecular formula is C85H128BBr4Cl6N8O16PdS8. The Hall–Kier alpha value is -0.763. The summed E-state index contributed by atoms with van der Waals surface area (Å²) in [7, 11) is 17.5. The summed E-state index contributed by atoms with van der Waals surface area (Å²) in [5.74, 6) is 0. The molecule has 5 N–H and O–H groups in total. The number of rotatable bonds is 14. The molecule has 7 aliphatic heterocycles. The topological polar surface area (TPSA) is 258 Å². The third kappa shape index (κ3) is 42.7. The van der Waals surface area contributed by atoms with Crippen molar-refractivity contribution in [1.82, 2.24) is 36.4 Å². The first kappa shape index (κ1) is 126. The maximum atomic E-state index is 12.0. The first-order valence-corrected chi connectivity index (χ1v) is 51.1. The van der Waals surface area contributed by atoms with Gasteiger partial charge in [0.15, 0.2) is 0 Å². The molecule has 0 bridgehead atoms. The first-order valence-electron chi connectivity index (χ1n) is 40.2. The molecule has 44 heteroatoms. The number of thiophene rings is 7. The zero-order valence-electron chi connectivity index (χ0n) is 74.8. The second-order valence-corrected chi connectivity index (χ2v) is 46.8. The van der Waals surface area contributed by atoms with Crippen LogP contribution in [-0.2, 0) is 122 Å². The molecule has 0 fully saturated rings. The molecule has 2 amide bonds. The Morgan fingerprint density at radius 3 is 1.06 bits per heavy atom. The minimum absolute atomic E-state index is 0. The fourth-order valence-corrected chi connectivity index (χ4v) is 24.5. The summed E-state index contributed by atoms with van der Waals surface area (Å²) in [4.78, 5) is 58.1. The van der Waals surface area contributed by atoms with E-state index >= 15 is 0 Å². The Kier molecular flexibility index (Phi) is 61.1. The quantitative estimate of drug-likeness (QED) is 0.0194. The number of thiol groups is 1. The van der Waals surface area contributed by atoms with Gasteiger partial charge in [0.25, 0.3) is 0 Å². The number of hydrogen-bond acceptors (Lipinski definition) is 30. The van der Waals surface area contributed by atoms with Crippen molar-refractivity contribution in [2.75, 3.05) is 141 Å². The van der Waals surface area contributed by atoms with Gasteiger partial charge in [0.1, 0.15) is 65.1 Å². The predicted molar refractivity (Wildman–Crippen MR) is 554 cm³/mol. The van der Waals surface area contributed by atoms with Crippen LogP contribution in [0.25, 0.3) is 0 Å². The van der Waals surface area contributed by atoms with Gasteiger partial charge in [-0.05, 0) is 290 Å². The van der Waals surface area contributed by atoms with Gasteiger partial charge < -0.3 is 93.2 Å². The normalized spacial score (nSPS) is 18.2. The standard InChI is InChI=1S/C14H19BrClNO3S.C14H20BrNO3S.C10H18O5.C9H11BrClNOS.C9H12BrNOS.2C9H12ClNOS.C9H13NOS.2CH4.BHNS.2ClH.Pd/c1-14(2,3)20-13(18)17(4)7-9-11-8(5-6-19-9)10(16)12(15)21-11;1-14(2,3)19-13(17)16(4)8-10-12-9(5-6-18-10)7-11(15)20-12;1-9(2,3)14-7(11)13-8(12)15-10(4,5)6;1-12-4-6-8-5(2-3-13-6)7(11)9(10)14-8;1-11-5-7-9-6(2-3-12-7)4-8(10)13-9;2*1-11-4-8-9-6(2-3-12-8)7(10)5-13-9;1-10-6-8-9-7(2-4-11-8)3-5-12-9;;;1-2-3;;;/h9H,5-7H2,1-4H3;7,10H,5-6,8H2,1-4H3;1-6H3;6,12H,2-4H2,1H3;4,7,11H,2-3,5H2,1H3;2*5,8,11H,2-4H2,1H3;3,5,8,10H,2,4,6H2,1H3;2*1H4;3H;2*1H;. The second kappa shape index (κ2) is 62.4. The number of halogens is 10. The molecule has 0 saturated heterocycles. The number of nitrogens with one attached hydrogen (secondary N) is 5. The van der Waals surface area contributed by atoms with Gasteiger partial charge in [0.2, 0.25) is 0 Å². The van der Waals surface area contributed by atoms with Crippen LogP contribution in [0.4, 0.5) is 19.2 Å². The largest absolute Gasteiger partial charge is 0 e. The fourth-order valence-electron chi connectivity index (χ4n) is 12.8. The molecule has 7 atom stereocenters. The Bertz CT molecular complexity index is 4390. The number of ether oxygens (including phenoxy) is 12. The summed E-state index contributed by atoms with van der Waals surface area (Å²) in [5, 5.41) is 25.3. The van der Waals surface area contributed by atoms with E-state index in [2.05, 4.69) is 143 Å². The number of hydrogen-bond donors (Lipinski definition) is 6. The van der Waals surface area contributed by atoms with Gasteiger partial charge in [-0.2, -0.15) is 0 Å². The van der Waals surface area contributed by atoms with Crippen LogP contribution in [-0.4, -0.2) is 206 Å². The van der Waals surface area contributed by atoms with E-state index in [-0.39, 0.29) is 109 Å². The van der Waals surface area contributed by atoms with Crippen LogP contribution in [0.1, 0.15) is 214 Å². The van der Waals surface area contributed by atoms with Gasteiger partial charge >= 0.3 is 49.3 Å². The molecule has 7 aliphatic rings. The van der Waals surface area contributed by atoms with Crippen molar-refractivity contribution in [2.45, 2.75) is 208 Å². The van der Waals surface area contributed by atoms with Gasteiger partial charge in [0.05, 0.1) is 94.6 Å². The SMILES string of the molecule is C.C.CC(C)(C)OC(=O)OC(=O)OC(C)(C)C.CN(CC1OCCc2c1sc(Br)c2Cl)C(=O)OC(C)(C)C.CN(CC1OCCc2cc(Br)sc21)C(=O)OC(C)(C)C.CNCC1OCCc2c(Cl)csc21.CNCC1OCCc2c(Cl)csc21.CNCC1OCCc2c1sc(Br)c2Cl.CNCC1OCCc2cc(Br)sc21.CNCC1OCCc2ccsc21.Cl.Cl.[B]=NS.[Pd]. The van der Waals surface area contributed by atoms with Gasteiger partial charge in [-0.25, -0.2) is 19.2 Å². The number of nitrogens with zero attached hydrogens (tertiary/aromatic N) is 3. The van der Waals surface area contributed by atoms with E-state index in [9.17, 15) is 19.2 Å². The number of likely N-dealkylation sites (N-methyl/N-ethyl adjacent to an activating group) is 7. The molecule has 14 heterocycles. The van der Waals surface area contributed by atoms with E-state index in [1.165, 1.54) is 66.4 Å². The van der Waals surface area contributed by atoms with Crippen LogP contribution < -0.4 is 26.6 Å². The molecular weight excluding hydrogens is 2300 g/mol. The van der Waals surface area contributed by atoms with Crippen molar-refractivity contribution in [1.29, 1.82) is 0 Å². The third-order valence-electron chi connectivity index (χ3n) is 18.0. The molecule has 7 aromatic heterocycles. The minimum atomic E-state index is -1.06. The summed E-state index contributed by atoms with van der Waals surface area (Å²) >= 11 is 53.7. The molecule has 1 radical (unpaired) electrons. The zero-order chi connectivity index (χ0) is 92.0. The van der Waals surface area contributed by atoms with E-state index in [0.29, 0.717) is 32.4 Å². The number of carbonyl (C=O) groups is 4. The maximum Gasteiger partial charge on any atom is 0 e. The van der Waals surface area contributed by atoms with Crippen molar-refractivity contribution in [3.05, 3.63) is 143 Å². The van der Waals surface area contributed by atoms with E-state index in [4.69, 9.17) is 98.5 Å². The van der Waals surface area contributed by atoms with Gasteiger partial charge in [0, 0.05) is 112 Å². The second-order valence-electron chi connectivity index (χ2n) is 32.5. The molecule has 735 valence electrons. The van der Waals surface area contributed by atoms with Crippen molar-refractivity contribution < 1.29 is 96.4 Å². The molecule has 129 heavy (non-hydrogen) atoms. The van der Waals surface area contributed by atoms with Crippen LogP contribution in [0.5, 0.6) is 0 Å². The molecule has 0 aromatic carbocycles. The van der Waals surface area contributed by atoms with Crippen LogP contribution in [0.15, 0.2) is 53.8 Å². The van der Waals surface area contributed by atoms with Gasteiger partial charge in [-0.1, -0.05) is 61.3 Å². The summed E-state index contributed by atoms with van der Waals surface area (Å²) in [5.41, 5.74) is 6.84. The zero-order valence-corrected chi connectivity index (χ0v) is 93.9. The molecule has 7 unspecified atom stereocenters. The van der Waals surface area contributed by atoms with Crippen LogP contribution in [0.3, 0.4) is 0 Å².